The van der Waals surface area contributed by atoms with Crippen molar-refractivity contribution in [2.75, 3.05) is 26.2 Å². The number of hydrogen-bond acceptors (Lipinski definition) is 2. The molecule has 126 valence electrons. The largest absolute Gasteiger partial charge is 0.389 e. The molecule has 0 unspecified atom stereocenters. The molecule has 1 aliphatic heterocycles. The normalized spacial score (nSPS) is 17.8. The molecule has 0 radical (unpaired) electrons. The molecule has 0 amide bonds. The van der Waals surface area contributed by atoms with Gasteiger partial charge in [-0.25, -0.2) is 0 Å². The Bertz CT molecular complexity index is 428. The monoisotopic (exact) mass is 336 g/mol. The molecule has 1 saturated heterocycles. The van der Waals surface area contributed by atoms with Gasteiger partial charge in [0.05, 0.1) is 0 Å². The van der Waals surface area contributed by atoms with Gasteiger partial charge >= 0.3 is 6.18 Å². The average Bonchev–Trinajstić information content (AvgIpc) is 2.48. The highest BCUT2D eigenvalue weighted by atomic mass is 35.5. The Morgan fingerprint density at radius 3 is 2.23 bits per heavy atom. The van der Waals surface area contributed by atoms with Crippen LogP contribution in [0.2, 0.25) is 0 Å². The molecule has 1 fully saturated rings. The number of nitrogens with one attached hydrogen (secondary N) is 1. The maximum absolute atomic E-state index is 12.6. The molecule has 0 aromatic heterocycles. The predicted molar refractivity (Wildman–Crippen MR) is 85.5 cm³/mol. The van der Waals surface area contributed by atoms with Crippen LogP contribution in [0.5, 0.6) is 0 Å². The van der Waals surface area contributed by atoms with Crippen molar-refractivity contribution in [1.29, 1.82) is 0 Å². The lowest BCUT2D eigenvalue weighted by molar-refractivity contribution is -0.138. The third-order valence-electron chi connectivity index (χ3n) is 4.07. The predicted octanol–water partition coefficient (Wildman–Crippen LogP) is 3.96. The van der Waals surface area contributed by atoms with Gasteiger partial charge in [0, 0.05) is 38.6 Å². The molecule has 0 aliphatic carbocycles. The minimum Gasteiger partial charge on any atom is -0.314 e. The molecule has 2 nitrogen and oxygen atoms in total. The average molecular weight is 337 g/mol. The van der Waals surface area contributed by atoms with Crippen molar-refractivity contribution < 1.29 is 13.2 Å². The highest BCUT2D eigenvalue weighted by molar-refractivity contribution is 5.85. The Morgan fingerprint density at radius 1 is 1.14 bits per heavy atom. The van der Waals surface area contributed by atoms with Gasteiger partial charge in [0.1, 0.15) is 0 Å². The fourth-order valence-electron chi connectivity index (χ4n) is 2.83. The molecule has 2 rings (SSSR count). The number of rotatable bonds is 5. The van der Waals surface area contributed by atoms with Crippen molar-refractivity contribution in [2.45, 2.75) is 38.4 Å². The number of piperazine rings is 1. The summed E-state index contributed by atoms with van der Waals surface area (Å²) < 4.78 is 37.8. The van der Waals surface area contributed by atoms with E-state index in [1.807, 2.05) is 24.3 Å². The number of nitrogens with zero attached hydrogens (tertiary/aromatic N) is 1. The summed E-state index contributed by atoms with van der Waals surface area (Å²) in [7, 11) is 0. The van der Waals surface area contributed by atoms with E-state index in [9.17, 15) is 13.2 Å². The molecule has 6 heteroatoms. The summed E-state index contributed by atoms with van der Waals surface area (Å²) in [5.74, 6) is 0. The van der Waals surface area contributed by atoms with Crippen molar-refractivity contribution in [3.63, 3.8) is 0 Å². The molecule has 1 aliphatic rings. The van der Waals surface area contributed by atoms with Gasteiger partial charge in [0.15, 0.2) is 0 Å². The van der Waals surface area contributed by atoms with Gasteiger partial charge in [-0.1, -0.05) is 31.2 Å². The molecular weight excluding hydrogens is 313 g/mol. The van der Waals surface area contributed by atoms with Crippen LogP contribution in [-0.2, 0) is 6.42 Å². The highest BCUT2D eigenvalue weighted by Gasteiger charge is 2.31. The summed E-state index contributed by atoms with van der Waals surface area (Å²) in [6.07, 6.45) is -3.73. The highest BCUT2D eigenvalue weighted by Crippen LogP contribution is 2.31. The van der Waals surface area contributed by atoms with E-state index in [1.54, 1.807) is 0 Å². The van der Waals surface area contributed by atoms with E-state index in [2.05, 4.69) is 17.1 Å². The van der Waals surface area contributed by atoms with Gasteiger partial charge < -0.3 is 5.32 Å². The quantitative estimate of drug-likeness (QED) is 0.875. The zero-order valence-corrected chi connectivity index (χ0v) is 13.6. The summed E-state index contributed by atoms with van der Waals surface area (Å²) in [4.78, 5) is 2.17. The van der Waals surface area contributed by atoms with Gasteiger partial charge in [-0.2, -0.15) is 13.2 Å². The summed E-state index contributed by atoms with van der Waals surface area (Å²) >= 11 is 0. The van der Waals surface area contributed by atoms with E-state index in [0.717, 1.165) is 38.2 Å². The Labute approximate surface area is 136 Å². The topological polar surface area (TPSA) is 15.3 Å². The Balaban J connectivity index is 0.00000242. The summed E-state index contributed by atoms with van der Waals surface area (Å²) in [5, 5.41) is 3.25. The second-order valence-corrected chi connectivity index (χ2v) is 5.55. The van der Waals surface area contributed by atoms with E-state index >= 15 is 0 Å². The first-order valence-electron chi connectivity index (χ1n) is 7.60. The van der Waals surface area contributed by atoms with Gasteiger partial charge in [0.25, 0.3) is 0 Å². The standard InChI is InChI=1S/C16H23F3N2.ClH/c1-2-13-3-5-14(6-4-13)15(7-8-16(17,18)19)21-11-9-20-10-12-21;/h3-6,15,20H,2,7-12H2,1H3;1H/t15-;/m1./s1. The van der Waals surface area contributed by atoms with Crippen LogP contribution in [0.3, 0.4) is 0 Å². The fraction of sp³-hybridized carbons (Fsp3) is 0.625. The molecule has 1 atom stereocenters. The van der Waals surface area contributed by atoms with Gasteiger partial charge in [-0.3, -0.25) is 4.90 Å². The van der Waals surface area contributed by atoms with Crippen molar-refractivity contribution in [2.24, 2.45) is 0 Å². The van der Waals surface area contributed by atoms with Crippen LogP contribution < -0.4 is 5.32 Å². The third-order valence-corrected chi connectivity index (χ3v) is 4.07. The van der Waals surface area contributed by atoms with Crippen LogP contribution in [0.1, 0.15) is 36.9 Å². The van der Waals surface area contributed by atoms with Crippen molar-refractivity contribution in [3.8, 4) is 0 Å². The smallest absolute Gasteiger partial charge is 0.314 e. The Kier molecular flexibility index (Phi) is 7.66. The van der Waals surface area contributed by atoms with Crippen LogP contribution in [0.15, 0.2) is 24.3 Å². The number of hydrogen-bond donors (Lipinski definition) is 1. The molecule has 22 heavy (non-hydrogen) atoms. The fourth-order valence-corrected chi connectivity index (χ4v) is 2.83. The third kappa shape index (κ3) is 5.78. The van der Waals surface area contributed by atoms with E-state index in [1.165, 1.54) is 5.56 Å². The zero-order valence-electron chi connectivity index (χ0n) is 12.8. The number of alkyl halides is 3. The van der Waals surface area contributed by atoms with Crippen LogP contribution >= 0.6 is 12.4 Å². The number of aryl methyl sites for hydroxylation is 1. The minimum atomic E-state index is -4.09. The lowest BCUT2D eigenvalue weighted by Crippen LogP contribution is -2.45. The van der Waals surface area contributed by atoms with Crippen LogP contribution in [-0.4, -0.2) is 37.3 Å². The van der Waals surface area contributed by atoms with Crippen molar-refractivity contribution in [3.05, 3.63) is 35.4 Å². The maximum Gasteiger partial charge on any atom is 0.389 e. The molecule has 0 bridgehead atoms. The van der Waals surface area contributed by atoms with Gasteiger partial charge in [-0.05, 0) is 24.0 Å². The Morgan fingerprint density at radius 2 is 1.73 bits per heavy atom. The first kappa shape index (κ1) is 19.3. The summed E-state index contributed by atoms with van der Waals surface area (Å²) in [5.41, 5.74) is 2.21. The molecule has 0 saturated carbocycles. The number of halogens is 4. The van der Waals surface area contributed by atoms with Gasteiger partial charge in [0.2, 0.25) is 0 Å². The van der Waals surface area contributed by atoms with Crippen LogP contribution in [0.4, 0.5) is 13.2 Å². The minimum absolute atomic E-state index is 0. The SMILES string of the molecule is CCc1ccc([C@@H](CCC(F)(F)F)N2CCNCC2)cc1.Cl. The lowest BCUT2D eigenvalue weighted by atomic mass is 9.97. The summed E-state index contributed by atoms with van der Waals surface area (Å²) in [6.45, 7) is 5.37. The first-order valence-corrected chi connectivity index (χ1v) is 7.60. The van der Waals surface area contributed by atoms with Crippen molar-refractivity contribution in [1.82, 2.24) is 10.2 Å². The molecule has 1 aromatic carbocycles. The second-order valence-electron chi connectivity index (χ2n) is 5.55. The lowest BCUT2D eigenvalue weighted by Gasteiger charge is -2.35. The molecule has 1 aromatic rings. The van der Waals surface area contributed by atoms with E-state index in [4.69, 9.17) is 0 Å². The number of benzene rings is 1. The van der Waals surface area contributed by atoms with E-state index in [-0.39, 0.29) is 24.9 Å². The van der Waals surface area contributed by atoms with Crippen LogP contribution in [0, 0.1) is 0 Å². The molecule has 0 spiro atoms. The van der Waals surface area contributed by atoms with E-state index < -0.39 is 12.6 Å². The molecule has 1 heterocycles. The Hall–Kier alpha value is -0.780. The molecular formula is C16H24ClF3N2. The van der Waals surface area contributed by atoms with Crippen molar-refractivity contribution >= 4 is 12.4 Å². The van der Waals surface area contributed by atoms with Crippen LogP contribution in [0.25, 0.3) is 0 Å². The molecule has 1 N–H and O–H groups in total. The second kappa shape index (κ2) is 8.75. The van der Waals surface area contributed by atoms with E-state index in [0.29, 0.717) is 0 Å². The summed E-state index contributed by atoms with van der Waals surface area (Å²) in [6, 6.07) is 7.89. The maximum atomic E-state index is 12.6. The van der Waals surface area contributed by atoms with Gasteiger partial charge in [-0.15, -0.1) is 12.4 Å². The first-order chi connectivity index (χ1) is 9.99. The zero-order chi connectivity index (χ0) is 15.3.